The SMILES string of the molecule is COc1cc([C@H]2C(C#N)=C(N)Oc3cc(C)n(CCCN(C)C)c(=O)c32)cc2c1OCO2. The highest BCUT2D eigenvalue weighted by molar-refractivity contribution is 5.61. The molecule has 3 heterocycles. The monoisotopic (exact) mass is 438 g/mol. The van der Waals surface area contributed by atoms with Crippen LogP contribution in [0.2, 0.25) is 0 Å². The minimum atomic E-state index is -0.722. The van der Waals surface area contributed by atoms with Gasteiger partial charge in [0.15, 0.2) is 11.5 Å². The van der Waals surface area contributed by atoms with E-state index in [1.54, 1.807) is 22.8 Å². The van der Waals surface area contributed by atoms with Crippen LogP contribution in [0, 0.1) is 18.3 Å². The van der Waals surface area contributed by atoms with Crippen molar-refractivity contribution in [1.29, 1.82) is 5.26 Å². The van der Waals surface area contributed by atoms with E-state index in [9.17, 15) is 10.1 Å². The maximum absolute atomic E-state index is 13.7. The second kappa shape index (κ2) is 8.48. The average Bonchev–Trinajstić information content (AvgIpc) is 3.23. The molecule has 0 bridgehead atoms. The minimum absolute atomic E-state index is 0.0224. The average molecular weight is 438 g/mol. The normalized spacial score (nSPS) is 16.6. The van der Waals surface area contributed by atoms with Crippen molar-refractivity contribution in [3.63, 3.8) is 0 Å². The molecule has 2 aliphatic heterocycles. The number of pyridine rings is 1. The molecule has 0 unspecified atom stereocenters. The number of hydrogen-bond acceptors (Lipinski definition) is 8. The zero-order valence-electron chi connectivity index (χ0n) is 18.6. The first kappa shape index (κ1) is 21.6. The third kappa shape index (κ3) is 3.63. The maximum atomic E-state index is 13.7. The van der Waals surface area contributed by atoms with E-state index in [1.807, 2.05) is 21.0 Å². The fourth-order valence-electron chi connectivity index (χ4n) is 4.16. The van der Waals surface area contributed by atoms with Crippen molar-refractivity contribution in [3.8, 4) is 29.1 Å². The van der Waals surface area contributed by atoms with Crippen molar-refractivity contribution in [3.05, 3.63) is 56.8 Å². The molecule has 2 N–H and O–H groups in total. The van der Waals surface area contributed by atoms with Gasteiger partial charge in [0.05, 0.1) is 18.6 Å². The van der Waals surface area contributed by atoms with Crippen LogP contribution in [0.1, 0.15) is 29.2 Å². The zero-order valence-corrected chi connectivity index (χ0v) is 18.6. The number of nitrogens with zero attached hydrogens (tertiary/aromatic N) is 3. The Balaban J connectivity index is 1.89. The molecule has 4 rings (SSSR count). The van der Waals surface area contributed by atoms with Gasteiger partial charge in [-0.3, -0.25) is 4.79 Å². The van der Waals surface area contributed by atoms with Crippen molar-refractivity contribution in [2.45, 2.75) is 25.8 Å². The van der Waals surface area contributed by atoms with Crippen molar-refractivity contribution in [2.24, 2.45) is 5.73 Å². The van der Waals surface area contributed by atoms with Gasteiger partial charge < -0.3 is 34.1 Å². The van der Waals surface area contributed by atoms with Gasteiger partial charge in [-0.05, 0) is 51.7 Å². The number of aromatic nitrogens is 1. The van der Waals surface area contributed by atoms with Gasteiger partial charge in [0.2, 0.25) is 18.4 Å². The van der Waals surface area contributed by atoms with Crippen LogP contribution in [0.15, 0.2) is 34.4 Å². The lowest BCUT2D eigenvalue weighted by Crippen LogP contribution is -2.33. The second-order valence-electron chi connectivity index (χ2n) is 8.06. The van der Waals surface area contributed by atoms with Crippen LogP contribution in [0.5, 0.6) is 23.0 Å². The molecule has 0 radical (unpaired) electrons. The van der Waals surface area contributed by atoms with E-state index >= 15 is 0 Å². The number of allylic oxidation sites excluding steroid dienone is 1. The number of hydrogen-bond donors (Lipinski definition) is 1. The van der Waals surface area contributed by atoms with Crippen LogP contribution < -0.4 is 30.2 Å². The molecule has 32 heavy (non-hydrogen) atoms. The van der Waals surface area contributed by atoms with E-state index in [4.69, 9.17) is 24.7 Å². The summed E-state index contributed by atoms with van der Waals surface area (Å²) in [5.74, 6) is 1.05. The molecule has 2 aliphatic rings. The summed E-state index contributed by atoms with van der Waals surface area (Å²) in [6.07, 6.45) is 0.805. The number of fused-ring (bicyclic) bond motifs is 2. The Bertz CT molecular complexity index is 1190. The molecular formula is C23H26N4O5. The molecule has 1 aromatic heterocycles. The molecular weight excluding hydrogens is 412 g/mol. The lowest BCUT2D eigenvalue weighted by atomic mass is 9.83. The first-order valence-electron chi connectivity index (χ1n) is 10.3. The quantitative estimate of drug-likeness (QED) is 0.730. The smallest absolute Gasteiger partial charge is 0.258 e. The van der Waals surface area contributed by atoms with E-state index in [1.165, 1.54) is 7.11 Å². The van der Waals surface area contributed by atoms with Crippen LogP contribution in [0.25, 0.3) is 0 Å². The highest BCUT2D eigenvalue weighted by Crippen LogP contribution is 2.47. The molecule has 0 saturated carbocycles. The Morgan fingerprint density at radius 2 is 2.06 bits per heavy atom. The number of nitriles is 1. The number of ether oxygens (including phenoxy) is 4. The first-order valence-corrected chi connectivity index (χ1v) is 10.3. The number of rotatable bonds is 6. The molecule has 2 aromatic rings. The molecule has 1 aromatic carbocycles. The van der Waals surface area contributed by atoms with Crippen LogP contribution in [0.4, 0.5) is 0 Å². The highest BCUT2D eigenvalue weighted by atomic mass is 16.7. The molecule has 168 valence electrons. The summed E-state index contributed by atoms with van der Waals surface area (Å²) in [5, 5.41) is 9.89. The summed E-state index contributed by atoms with van der Waals surface area (Å²) in [5.41, 5.74) is 7.83. The summed E-state index contributed by atoms with van der Waals surface area (Å²) < 4.78 is 23.9. The lowest BCUT2D eigenvalue weighted by molar-refractivity contribution is 0.171. The Kier molecular flexibility index (Phi) is 5.72. The standard InChI is InChI=1S/C23H26N4O5/c1-13-8-16-20(23(28)27(13)7-5-6-26(2)3)19(15(11-24)22(25)32-16)14-9-17(29-4)21-18(10-14)30-12-31-21/h8-10,19H,5-7,12,25H2,1-4H3/t19-/m0/s1. The van der Waals surface area contributed by atoms with Gasteiger partial charge in [0.25, 0.3) is 5.56 Å². The Hall–Kier alpha value is -3.64. The summed E-state index contributed by atoms with van der Waals surface area (Å²) in [6.45, 7) is 3.33. The summed E-state index contributed by atoms with van der Waals surface area (Å²) in [7, 11) is 5.51. The van der Waals surface area contributed by atoms with E-state index in [0.717, 1.165) is 18.7 Å². The number of aryl methyl sites for hydroxylation is 1. The van der Waals surface area contributed by atoms with Gasteiger partial charge in [-0.15, -0.1) is 0 Å². The molecule has 9 nitrogen and oxygen atoms in total. The van der Waals surface area contributed by atoms with Crippen molar-refractivity contribution in [2.75, 3.05) is 34.5 Å². The third-order valence-electron chi connectivity index (χ3n) is 5.69. The number of benzene rings is 1. The summed E-state index contributed by atoms with van der Waals surface area (Å²) >= 11 is 0. The number of methoxy groups -OCH3 is 1. The Morgan fingerprint density at radius 3 is 2.75 bits per heavy atom. The van der Waals surface area contributed by atoms with Crippen molar-refractivity contribution >= 4 is 0 Å². The van der Waals surface area contributed by atoms with Gasteiger partial charge in [0.1, 0.15) is 17.4 Å². The molecule has 1 atom stereocenters. The first-order chi connectivity index (χ1) is 15.3. The third-order valence-corrected chi connectivity index (χ3v) is 5.69. The fraction of sp³-hybridized carbons (Fsp3) is 0.391. The van der Waals surface area contributed by atoms with E-state index < -0.39 is 5.92 Å². The lowest BCUT2D eigenvalue weighted by Gasteiger charge is -2.27. The van der Waals surface area contributed by atoms with Crippen LogP contribution in [-0.4, -0.2) is 44.0 Å². The Morgan fingerprint density at radius 1 is 1.28 bits per heavy atom. The summed E-state index contributed by atoms with van der Waals surface area (Å²) in [4.78, 5) is 15.7. The van der Waals surface area contributed by atoms with E-state index in [-0.39, 0.29) is 23.8 Å². The van der Waals surface area contributed by atoms with Crippen molar-refractivity contribution in [1.82, 2.24) is 9.47 Å². The molecule has 0 amide bonds. The minimum Gasteiger partial charge on any atom is -0.493 e. The van der Waals surface area contributed by atoms with Gasteiger partial charge >= 0.3 is 0 Å². The molecule has 0 saturated heterocycles. The van der Waals surface area contributed by atoms with Crippen LogP contribution >= 0.6 is 0 Å². The fourth-order valence-corrected chi connectivity index (χ4v) is 4.16. The van der Waals surface area contributed by atoms with Gasteiger partial charge in [0, 0.05) is 18.3 Å². The molecule has 0 spiro atoms. The molecule has 0 fully saturated rings. The topological polar surface area (TPSA) is 112 Å². The van der Waals surface area contributed by atoms with Gasteiger partial charge in [-0.25, -0.2) is 0 Å². The van der Waals surface area contributed by atoms with Gasteiger partial charge in [-0.2, -0.15) is 5.26 Å². The molecule has 9 heteroatoms. The van der Waals surface area contributed by atoms with E-state index in [2.05, 4.69) is 11.0 Å². The van der Waals surface area contributed by atoms with Crippen LogP contribution in [0.3, 0.4) is 0 Å². The highest BCUT2D eigenvalue weighted by Gasteiger charge is 2.36. The number of nitrogens with two attached hydrogens (primary N) is 1. The van der Waals surface area contributed by atoms with Crippen molar-refractivity contribution < 1.29 is 18.9 Å². The predicted octanol–water partition coefficient (Wildman–Crippen LogP) is 2.06. The largest absolute Gasteiger partial charge is 0.493 e. The van der Waals surface area contributed by atoms with Gasteiger partial charge in [-0.1, -0.05) is 0 Å². The van der Waals surface area contributed by atoms with Crippen LogP contribution in [-0.2, 0) is 6.54 Å². The zero-order chi connectivity index (χ0) is 23.0. The Labute approximate surface area is 186 Å². The van der Waals surface area contributed by atoms with E-state index in [0.29, 0.717) is 40.7 Å². The molecule has 0 aliphatic carbocycles. The predicted molar refractivity (Wildman–Crippen MR) is 117 cm³/mol. The summed E-state index contributed by atoms with van der Waals surface area (Å²) in [6, 6.07) is 7.42. The maximum Gasteiger partial charge on any atom is 0.258 e. The second-order valence-corrected chi connectivity index (χ2v) is 8.06.